The number of carbonyl (C=O) groups is 1. The summed E-state index contributed by atoms with van der Waals surface area (Å²) in [7, 11) is -3.30. The maximum absolute atomic E-state index is 13.0. The van der Waals surface area contributed by atoms with Crippen LogP contribution in [0.25, 0.3) is 0 Å². The van der Waals surface area contributed by atoms with Crippen molar-refractivity contribution in [2.45, 2.75) is 38.1 Å². The Hall–Kier alpha value is -1.67. The summed E-state index contributed by atoms with van der Waals surface area (Å²) in [4.78, 5) is 16.5. The fraction of sp³-hybridized carbons (Fsp3) is 0.632. The van der Waals surface area contributed by atoms with E-state index in [0.29, 0.717) is 26.2 Å². The van der Waals surface area contributed by atoms with Crippen LogP contribution in [0.1, 0.15) is 32.1 Å². The molecule has 8 heteroatoms. The van der Waals surface area contributed by atoms with Crippen molar-refractivity contribution in [1.29, 1.82) is 0 Å². The van der Waals surface area contributed by atoms with Gasteiger partial charge in [-0.05, 0) is 37.1 Å². The van der Waals surface area contributed by atoms with E-state index < -0.39 is 10.0 Å². The molecule has 0 unspecified atom stereocenters. The van der Waals surface area contributed by atoms with Crippen LogP contribution < -0.4 is 4.90 Å². The predicted octanol–water partition coefficient (Wildman–Crippen LogP) is 2.07. The lowest BCUT2D eigenvalue weighted by atomic mass is 10.2. The highest BCUT2D eigenvalue weighted by molar-refractivity contribution is 7.88. The molecule has 1 aliphatic heterocycles. The number of hydrogen-bond donors (Lipinski definition) is 0. The van der Waals surface area contributed by atoms with E-state index in [1.54, 1.807) is 17.0 Å². The van der Waals surface area contributed by atoms with Crippen LogP contribution in [0.15, 0.2) is 24.3 Å². The molecule has 1 aromatic carbocycles. The molecule has 1 aliphatic carbocycles. The molecule has 6 nitrogen and oxygen atoms in total. The number of benzene rings is 1. The monoisotopic (exact) mass is 397 g/mol. The van der Waals surface area contributed by atoms with Crippen LogP contribution in [0, 0.1) is 5.82 Å². The number of carbonyl (C=O) groups excluding carboxylic acids is 1. The number of rotatable bonds is 6. The third-order valence-corrected chi connectivity index (χ3v) is 6.86. The Balaban J connectivity index is 1.50. The first-order valence-electron chi connectivity index (χ1n) is 9.60. The van der Waals surface area contributed by atoms with Crippen molar-refractivity contribution in [1.82, 2.24) is 9.21 Å². The third-order valence-electron chi connectivity index (χ3n) is 5.53. The summed E-state index contributed by atoms with van der Waals surface area (Å²) in [6, 6.07) is 6.42. The molecule has 1 amide bonds. The molecule has 0 atom stereocenters. The summed E-state index contributed by atoms with van der Waals surface area (Å²) in [5.41, 5.74) is 0.952. The average Bonchev–Trinajstić information content (AvgIpc) is 3.15. The molecule has 2 aliphatic rings. The lowest BCUT2D eigenvalue weighted by molar-refractivity contribution is -0.131. The van der Waals surface area contributed by atoms with Crippen LogP contribution in [-0.2, 0) is 14.8 Å². The Morgan fingerprint density at radius 3 is 2.26 bits per heavy atom. The number of hydrogen-bond acceptors (Lipinski definition) is 4. The maximum atomic E-state index is 13.0. The van der Waals surface area contributed by atoms with Gasteiger partial charge in [0.15, 0.2) is 0 Å². The van der Waals surface area contributed by atoms with Gasteiger partial charge in [0.2, 0.25) is 15.9 Å². The summed E-state index contributed by atoms with van der Waals surface area (Å²) in [6.07, 6.45) is 5.33. The van der Waals surface area contributed by atoms with Gasteiger partial charge < -0.3 is 9.80 Å². The van der Waals surface area contributed by atoms with Crippen molar-refractivity contribution in [3.8, 4) is 0 Å². The van der Waals surface area contributed by atoms with E-state index in [4.69, 9.17) is 0 Å². The topological polar surface area (TPSA) is 60.9 Å². The molecule has 2 fully saturated rings. The van der Waals surface area contributed by atoms with Gasteiger partial charge in [0, 0.05) is 50.9 Å². The van der Waals surface area contributed by atoms with E-state index in [1.807, 2.05) is 0 Å². The fourth-order valence-electron chi connectivity index (χ4n) is 4.04. The van der Waals surface area contributed by atoms with Crippen molar-refractivity contribution in [3.05, 3.63) is 30.1 Å². The number of amides is 1. The van der Waals surface area contributed by atoms with Crippen molar-refractivity contribution >= 4 is 21.6 Å². The SMILES string of the molecule is CS(=O)(=O)N(CCC(=O)N1CCN(c2ccc(F)cc2)CC1)C1CCCC1. The Morgan fingerprint density at radius 1 is 1.11 bits per heavy atom. The van der Waals surface area contributed by atoms with E-state index >= 15 is 0 Å². The molecule has 0 aromatic heterocycles. The lowest BCUT2D eigenvalue weighted by Crippen LogP contribution is -2.49. The summed E-state index contributed by atoms with van der Waals surface area (Å²) in [6.45, 7) is 2.84. The largest absolute Gasteiger partial charge is 0.368 e. The zero-order valence-electron chi connectivity index (χ0n) is 15.8. The van der Waals surface area contributed by atoms with Gasteiger partial charge in [0.05, 0.1) is 6.26 Å². The molecular weight excluding hydrogens is 369 g/mol. The number of piperazine rings is 1. The standard InChI is InChI=1S/C19H28FN3O3S/c1-27(25,26)23(18-4-2-3-5-18)11-10-19(24)22-14-12-21(13-15-22)17-8-6-16(20)7-9-17/h6-9,18H,2-5,10-15H2,1H3. The smallest absolute Gasteiger partial charge is 0.224 e. The summed E-state index contributed by atoms with van der Waals surface area (Å²) < 4.78 is 38.8. The summed E-state index contributed by atoms with van der Waals surface area (Å²) >= 11 is 0. The van der Waals surface area contributed by atoms with Gasteiger partial charge >= 0.3 is 0 Å². The predicted molar refractivity (Wildman–Crippen MR) is 104 cm³/mol. The van der Waals surface area contributed by atoms with Crippen LogP contribution in [0.4, 0.5) is 10.1 Å². The van der Waals surface area contributed by atoms with Crippen LogP contribution in [0.3, 0.4) is 0 Å². The van der Waals surface area contributed by atoms with E-state index in [-0.39, 0.29) is 30.7 Å². The van der Waals surface area contributed by atoms with Crippen LogP contribution in [-0.4, -0.2) is 68.6 Å². The Kier molecular flexibility index (Phi) is 6.37. The average molecular weight is 398 g/mol. The van der Waals surface area contributed by atoms with E-state index in [0.717, 1.165) is 31.4 Å². The molecule has 1 heterocycles. The zero-order chi connectivity index (χ0) is 19.4. The number of anilines is 1. The molecule has 0 bridgehead atoms. The van der Waals surface area contributed by atoms with Gasteiger partial charge in [-0.2, -0.15) is 4.31 Å². The normalized spacial score (nSPS) is 19.1. The minimum Gasteiger partial charge on any atom is -0.368 e. The summed E-state index contributed by atoms with van der Waals surface area (Å²) in [5, 5.41) is 0. The maximum Gasteiger partial charge on any atom is 0.224 e. The first-order valence-corrected chi connectivity index (χ1v) is 11.4. The second-order valence-electron chi connectivity index (χ2n) is 7.41. The van der Waals surface area contributed by atoms with Crippen molar-refractivity contribution in [2.24, 2.45) is 0 Å². The molecule has 0 radical (unpaired) electrons. The van der Waals surface area contributed by atoms with Crippen LogP contribution in [0.2, 0.25) is 0 Å². The third kappa shape index (κ3) is 5.19. The Morgan fingerprint density at radius 2 is 1.70 bits per heavy atom. The minimum absolute atomic E-state index is 0.000373. The first kappa shape index (κ1) is 20.1. The van der Waals surface area contributed by atoms with Gasteiger partial charge in [-0.15, -0.1) is 0 Å². The number of sulfonamides is 1. The van der Waals surface area contributed by atoms with Gasteiger partial charge in [-0.25, -0.2) is 12.8 Å². The molecule has 27 heavy (non-hydrogen) atoms. The summed E-state index contributed by atoms with van der Waals surface area (Å²) in [5.74, 6) is -0.259. The van der Waals surface area contributed by atoms with E-state index in [9.17, 15) is 17.6 Å². The Labute approximate surface area is 161 Å². The van der Waals surface area contributed by atoms with Crippen LogP contribution in [0.5, 0.6) is 0 Å². The molecule has 1 aromatic rings. The molecule has 3 rings (SSSR count). The molecule has 1 saturated heterocycles. The molecule has 0 N–H and O–H groups in total. The zero-order valence-corrected chi connectivity index (χ0v) is 16.6. The lowest BCUT2D eigenvalue weighted by Gasteiger charge is -2.36. The minimum atomic E-state index is -3.30. The highest BCUT2D eigenvalue weighted by atomic mass is 32.2. The van der Waals surface area contributed by atoms with Gasteiger partial charge in [-0.1, -0.05) is 12.8 Å². The van der Waals surface area contributed by atoms with Gasteiger partial charge in [-0.3, -0.25) is 4.79 Å². The Bertz CT molecular complexity index is 740. The second-order valence-corrected chi connectivity index (χ2v) is 9.34. The molecule has 0 spiro atoms. The highest BCUT2D eigenvalue weighted by Crippen LogP contribution is 2.25. The fourth-order valence-corrected chi connectivity index (χ4v) is 5.22. The van der Waals surface area contributed by atoms with Gasteiger partial charge in [0.1, 0.15) is 5.82 Å². The van der Waals surface area contributed by atoms with Crippen molar-refractivity contribution in [3.63, 3.8) is 0 Å². The number of halogens is 1. The second kappa shape index (κ2) is 8.56. The van der Waals surface area contributed by atoms with E-state index in [1.165, 1.54) is 22.7 Å². The quantitative estimate of drug-likeness (QED) is 0.737. The van der Waals surface area contributed by atoms with Gasteiger partial charge in [0.25, 0.3) is 0 Å². The van der Waals surface area contributed by atoms with Crippen LogP contribution >= 0.6 is 0 Å². The highest BCUT2D eigenvalue weighted by Gasteiger charge is 2.30. The van der Waals surface area contributed by atoms with Crippen molar-refractivity contribution < 1.29 is 17.6 Å². The van der Waals surface area contributed by atoms with Crippen molar-refractivity contribution in [2.75, 3.05) is 43.9 Å². The molecule has 1 saturated carbocycles. The van der Waals surface area contributed by atoms with E-state index in [2.05, 4.69) is 4.90 Å². The molecule has 150 valence electrons. The number of nitrogens with zero attached hydrogens (tertiary/aromatic N) is 3. The molecular formula is C19H28FN3O3S. The first-order chi connectivity index (χ1) is 12.8.